The number of hydrogen-bond acceptors (Lipinski definition) is 4. The van der Waals surface area contributed by atoms with Crippen LogP contribution in [-0.4, -0.2) is 20.8 Å². The molecule has 6 heteroatoms. The van der Waals surface area contributed by atoms with Gasteiger partial charge in [0.1, 0.15) is 5.75 Å². The molecule has 0 aliphatic heterocycles. The maximum Gasteiger partial charge on any atom is 0.232 e. The lowest BCUT2D eigenvalue weighted by molar-refractivity contribution is 0.253. The molecular weight excluding hydrogens is 286 g/mol. The zero-order valence-electron chi connectivity index (χ0n) is 10.7. The number of nitrogens with zero attached hydrogens (tertiary/aromatic N) is 1. The molecule has 0 aliphatic carbocycles. The van der Waals surface area contributed by atoms with Gasteiger partial charge in [-0.25, -0.2) is 8.42 Å². The summed E-state index contributed by atoms with van der Waals surface area (Å²) in [6.45, 7) is 2.28. The van der Waals surface area contributed by atoms with E-state index in [1.165, 1.54) is 0 Å². The first-order valence-electron chi connectivity index (χ1n) is 6.00. The molecule has 19 heavy (non-hydrogen) atoms. The summed E-state index contributed by atoms with van der Waals surface area (Å²) in [4.78, 5) is 0. The number of halogens is 1. The number of benzene rings is 1. The van der Waals surface area contributed by atoms with Crippen LogP contribution in [0.1, 0.15) is 25.3 Å². The molecule has 1 atom stereocenters. The Kier molecular flexibility index (Phi) is 6.13. The highest BCUT2D eigenvalue weighted by Crippen LogP contribution is 2.17. The largest absolute Gasteiger partial charge is 0.493 e. The van der Waals surface area contributed by atoms with Crippen LogP contribution in [-0.2, 0) is 9.05 Å². The van der Waals surface area contributed by atoms with E-state index in [1.54, 1.807) is 24.3 Å². The van der Waals surface area contributed by atoms with Crippen molar-refractivity contribution in [3.05, 3.63) is 29.8 Å². The molecule has 0 spiro atoms. The lowest BCUT2D eigenvalue weighted by Gasteiger charge is -2.15. The molecule has 104 valence electrons. The molecule has 0 fully saturated rings. The molecule has 0 aromatic heterocycles. The monoisotopic (exact) mass is 301 g/mol. The Morgan fingerprint density at radius 2 is 2.00 bits per heavy atom. The van der Waals surface area contributed by atoms with Crippen molar-refractivity contribution in [3.63, 3.8) is 0 Å². The van der Waals surface area contributed by atoms with Crippen LogP contribution in [0.25, 0.3) is 0 Å². The van der Waals surface area contributed by atoms with Crippen molar-refractivity contribution in [2.24, 2.45) is 5.92 Å². The molecule has 0 heterocycles. The average Bonchev–Trinajstić information content (AvgIpc) is 2.35. The Balaban J connectivity index is 2.58. The third kappa shape index (κ3) is 6.46. The lowest BCUT2D eigenvalue weighted by Crippen LogP contribution is -2.19. The van der Waals surface area contributed by atoms with E-state index >= 15 is 0 Å². The van der Waals surface area contributed by atoms with E-state index in [0.717, 1.165) is 12.8 Å². The smallest absolute Gasteiger partial charge is 0.232 e. The Morgan fingerprint density at radius 1 is 1.37 bits per heavy atom. The number of ether oxygens (including phenoxy) is 1. The fraction of sp³-hybridized carbons (Fsp3) is 0.462. The van der Waals surface area contributed by atoms with Gasteiger partial charge in [-0.1, -0.05) is 13.3 Å². The van der Waals surface area contributed by atoms with Gasteiger partial charge in [-0.15, -0.1) is 0 Å². The molecule has 0 aliphatic rings. The second-order valence-corrected chi connectivity index (χ2v) is 7.13. The van der Waals surface area contributed by atoms with E-state index < -0.39 is 9.05 Å². The zero-order chi connectivity index (χ0) is 14.3. The van der Waals surface area contributed by atoms with Gasteiger partial charge in [0, 0.05) is 16.6 Å². The van der Waals surface area contributed by atoms with Gasteiger partial charge >= 0.3 is 0 Å². The average molecular weight is 302 g/mol. The summed E-state index contributed by atoms with van der Waals surface area (Å²) in [6.07, 6.45) is 1.61. The Hall–Kier alpha value is -1.25. The molecule has 1 aromatic rings. The second-order valence-electron chi connectivity index (χ2n) is 4.31. The first-order valence-corrected chi connectivity index (χ1v) is 8.47. The number of hydrogen-bond donors (Lipinski definition) is 0. The molecule has 0 radical (unpaired) electrons. The van der Waals surface area contributed by atoms with Gasteiger partial charge in [0.05, 0.1) is 24.0 Å². The lowest BCUT2D eigenvalue weighted by atomic mass is 10.1. The van der Waals surface area contributed by atoms with E-state index in [2.05, 4.69) is 0 Å². The highest BCUT2D eigenvalue weighted by molar-refractivity contribution is 8.13. The van der Waals surface area contributed by atoms with Gasteiger partial charge in [-0.05, 0) is 30.7 Å². The quantitative estimate of drug-likeness (QED) is 0.726. The molecule has 0 saturated heterocycles. The summed E-state index contributed by atoms with van der Waals surface area (Å²) in [5.74, 6) is 0.411. The molecule has 1 rings (SSSR count). The predicted octanol–water partition coefficient (Wildman–Crippen LogP) is 2.92. The van der Waals surface area contributed by atoms with Crippen molar-refractivity contribution >= 4 is 19.7 Å². The van der Waals surface area contributed by atoms with Crippen molar-refractivity contribution in [1.29, 1.82) is 5.26 Å². The first-order chi connectivity index (χ1) is 8.94. The van der Waals surface area contributed by atoms with Crippen LogP contribution in [0.3, 0.4) is 0 Å². The van der Waals surface area contributed by atoms with E-state index in [1.807, 2.05) is 13.0 Å². The summed E-state index contributed by atoms with van der Waals surface area (Å²) in [6, 6.07) is 8.71. The van der Waals surface area contributed by atoms with Gasteiger partial charge < -0.3 is 4.74 Å². The molecule has 0 bridgehead atoms. The third-order valence-electron chi connectivity index (χ3n) is 2.60. The van der Waals surface area contributed by atoms with Crippen LogP contribution in [0.5, 0.6) is 5.75 Å². The van der Waals surface area contributed by atoms with E-state index in [0.29, 0.717) is 17.9 Å². The molecule has 0 N–H and O–H groups in total. The summed E-state index contributed by atoms with van der Waals surface area (Å²) in [7, 11) is 1.75. The first kappa shape index (κ1) is 15.8. The molecule has 0 saturated carbocycles. The molecule has 4 nitrogen and oxygen atoms in total. The standard InChI is InChI=1S/C13H16ClNO3S/c1-2-3-12(10-19(14,16)17)9-18-13-6-4-11(8-15)5-7-13/h4-7,12H,2-3,9-10H2,1H3. The van der Waals surface area contributed by atoms with Gasteiger partial charge in [-0.3, -0.25) is 0 Å². The van der Waals surface area contributed by atoms with Crippen molar-refractivity contribution in [2.75, 3.05) is 12.4 Å². The van der Waals surface area contributed by atoms with Crippen molar-refractivity contribution < 1.29 is 13.2 Å². The normalized spacial score (nSPS) is 12.7. The Morgan fingerprint density at radius 3 is 2.47 bits per heavy atom. The van der Waals surface area contributed by atoms with Gasteiger partial charge in [-0.2, -0.15) is 5.26 Å². The van der Waals surface area contributed by atoms with Crippen LogP contribution >= 0.6 is 10.7 Å². The third-order valence-corrected chi connectivity index (χ3v) is 3.85. The fourth-order valence-electron chi connectivity index (χ4n) is 1.74. The van der Waals surface area contributed by atoms with E-state index in [9.17, 15) is 8.42 Å². The number of nitriles is 1. The minimum atomic E-state index is -3.51. The predicted molar refractivity (Wildman–Crippen MR) is 74.7 cm³/mol. The Bertz CT molecular complexity index is 534. The van der Waals surface area contributed by atoms with Crippen molar-refractivity contribution in [1.82, 2.24) is 0 Å². The highest BCUT2D eigenvalue weighted by Gasteiger charge is 2.17. The SMILES string of the molecule is CCCC(COc1ccc(C#N)cc1)CS(=O)(=O)Cl. The van der Waals surface area contributed by atoms with Crippen LogP contribution in [0.4, 0.5) is 0 Å². The van der Waals surface area contributed by atoms with Crippen LogP contribution < -0.4 is 4.74 Å². The van der Waals surface area contributed by atoms with Crippen LogP contribution in [0.2, 0.25) is 0 Å². The van der Waals surface area contributed by atoms with Crippen LogP contribution in [0, 0.1) is 17.2 Å². The molecular formula is C13H16ClNO3S. The minimum Gasteiger partial charge on any atom is -0.493 e. The van der Waals surface area contributed by atoms with Gasteiger partial charge in [0.2, 0.25) is 9.05 Å². The highest BCUT2D eigenvalue weighted by atomic mass is 35.7. The zero-order valence-corrected chi connectivity index (χ0v) is 12.2. The van der Waals surface area contributed by atoms with Crippen molar-refractivity contribution in [2.45, 2.75) is 19.8 Å². The summed E-state index contributed by atoms with van der Waals surface area (Å²) in [5.41, 5.74) is 0.556. The maximum atomic E-state index is 11.1. The molecule has 1 aromatic carbocycles. The van der Waals surface area contributed by atoms with Gasteiger partial charge in [0.25, 0.3) is 0 Å². The molecule has 1 unspecified atom stereocenters. The van der Waals surface area contributed by atoms with E-state index in [4.69, 9.17) is 20.7 Å². The van der Waals surface area contributed by atoms with E-state index in [-0.39, 0.29) is 11.7 Å². The molecule has 0 amide bonds. The summed E-state index contributed by atoms with van der Waals surface area (Å²) >= 11 is 0. The van der Waals surface area contributed by atoms with Crippen molar-refractivity contribution in [3.8, 4) is 11.8 Å². The summed E-state index contributed by atoms with van der Waals surface area (Å²) < 4.78 is 27.7. The number of rotatable bonds is 7. The Labute approximate surface area is 118 Å². The minimum absolute atomic E-state index is 0.0846. The topological polar surface area (TPSA) is 67.2 Å². The summed E-state index contributed by atoms with van der Waals surface area (Å²) in [5, 5.41) is 8.67. The maximum absolute atomic E-state index is 11.1. The van der Waals surface area contributed by atoms with Gasteiger partial charge in [0.15, 0.2) is 0 Å². The fourth-order valence-corrected chi connectivity index (χ4v) is 3.10. The van der Waals surface area contributed by atoms with Crippen LogP contribution in [0.15, 0.2) is 24.3 Å². The second kappa shape index (κ2) is 7.37.